The average molecular weight is 498 g/mol. The fourth-order valence-corrected chi connectivity index (χ4v) is 5.08. The van der Waals surface area contributed by atoms with E-state index in [0.717, 1.165) is 17.2 Å². The Morgan fingerprint density at radius 2 is 1.71 bits per heavy atom. The highest BCUT2D eigenvalue weighted by Crippen LogP contribution is 2.31. The minimum Gasteiger partial charge on any atom is -0.477 e. The first-order chi connectivity index (χ1) is 16.9. The summed E-state index contributed by atoms with van der Waals surface area (Å²) in [6.45, 7) is 0.341. The molecule has 3 aromatic rings. The number of nitrogens with zero attached hydrogens (tertiary/aromatic N) is 2. The highest BCUT2D eigenvalue weighted by molar-refractivity contribution is 7.89. The van der Waals surface area contributed by atoms with Crippen molar-refractivity contribution >= 4 is 27.3 Å². The van der Waals surface area contributed by atoms with Gasteiger partial charge >= 0.3 is 5.69 Å². The van der Waals surface area contributed by atoms with Crippen LogP contribution in [0.4, 0.5) is 11.4 Å². The Balaban J connectivity index is 1.48. The van der Waals surface area contributed by atoms with Crippen molar-refractivity contribution in [1.82, 2.24) is 4.31 Å². The van der Waals surface area contributed by atoms with Crippen LogP contribution in [-0.4, -0.2) is 56.5 Å². The zero-order valence-corrected chi connectivity index (χ0v) is 19.4. The van der Waals surface area contributed by atoms with E-state index in [1.165, 1.54) is 16.4 Å². The van der Waals surface area contributed by atoms with Crippen LogP contribution in [0.5, 0.6) is 5.75 Å². The van der Waals surface area contributed by atoms with Gasteiger partial charge in [0.1, 0.15) is 0 Å². The zero-order valence-electron chi connectivity index (χ0n) is 18.6. The molecule has 0 aromatic heterocycles. The van der Waals surface area contributed by atoms with Gasteiger partial charge < -0.3 is 14.8 Å². The third kappa shape index (κ3) is 5.65. The number of nitrogens with one attached hydrogen (secondary N) is 1. The number of nitro groups is 1. The van der Waals surface area contributed by atoms with Gasteiger partial charge in [-0.05, 0) is 23.8 Å². The summed E-state index contributed by atoms with van der Waals surface area (Å²) in [6.07, 6.45) is 0. The number of benzene rings is 3. The largest absolute Gasteiger partial charge is 0.477 e. The molecule has 182 valence electrons. The highest BCUT2D eigenvalue weighted by atomic mass is 32.2. The maximum absolute atomic E-state index is 12.8. The van der Waals surface area contributed by atoms with Gasteiger partial charge in [0, 0.05) is 30.4 Å². The van der Waals surface area contributed by atoms with Crippen molar-refractivity contribution in [3.05, 3.63) is 82.9 Å². The topological polar surface area (TPSA) is 128 Å². The first kappa shape index (κ1) is 24.3. The maximum atomic E-state index is 12.8. The number of carbonyl (C=O) groups excluding carboxylic acids is 1. The molecule has 4 rings (SSSR count). The smallest absolute Gasteiger partial charge is 0.312 e. The second-order valence-electron chi connectivity index (χ2n) is 7.65. The van der Waals surface area contributed by atoms with Gasteiger partial charge in [0.2, 0.25) is 10.0 Å². The normalized spacial score (nSPS) is 14.3. The summed E-state index contributed by atoms with van der Waals surface area (Å²) in [5, 5.41) is 14.4. The number of nitro benzene ring substituents is 1. The van der Waals surface area contributed by atoms with E-state index in [-0.39, 0.29) is 36.9 Å². The summed E-state index contributed by atoms with van der Waals surface area (Å²) in [7, 11) is -3.92. The van der Waals surface area contributed by atoms with E-state index in [2.05, 4.69) is 5.32 Å². The standard InChI is InChI=1S/C24H23N3O7S/c28-24(25-21-9-5-4-8-20(21)18-6-2-1-3-7-18)17-34-23-11-10-19(16-22(23)27(29)30)35(31,32)26-12-14-33-15-13-26/h1-11,16H,12-15,17H2,(H,25,28). The molecule has 1 amide bonds. The van der Waals surface area contributed by atoms with Crippen molar-refractivity contribution < 1.29 is 27.6 Å². The molecule has 1 saturated heterocycles. The summed E-state index contributed by atoms with van der Waals surface area (Å²) < 4.78 is 37.5. The van der Waals surface area contributed by atoms with Gasteiger partial charge in [0.25, 0.3) is 5.91 Å². The number of sulfonamides is 1. The number of hydrogen-bond acceptors (Lipinski definition) is 7. The summed E-state index contributed by atoms with van der Waals surface area (Å²) in [4.78, 5) is 23.2. The van der Waals surface area contributed by atoms with Crippen LogP contribution in [0.1, 0.15) is 0 Å². The number of para-hydroxylation sites is 1. The molecular weight excluding hydrogens is 474 g/mol. The number of ether oxygens (including phenoxy) is 2. The van der Waals surface area contributed by atoms with Crippen LogP contribution in [0.3, 0.4) is 0 Å². The minimum absolute atomic E-state index is 0.166. The van der Waals surface area contributed by atoms with Crippen molar-refractivity contribution in [3.63, 3.8) is 0 Å². The molecule has 3 aromatic carbocycles. The van der Waals surface area contributed by atoms with Crippen LogP contribution < -0.4 is 10.1 Å². The monoisotopic (exact) mass is 497 g/mol. The molecule has 11 heteroatoms. The lowest BCUT2D eigenvalue weighted by molar-refractivity contribution is -0.386. The van der Waals surface area contributed by atoms with Crippen LogP contribution >= 0.6 is 0 Å². The lowest BCUT2D eigenvalue weighted by atomic mass is 10.0. The molecular formula is C24H23N3O7S. The molecule has 1 aliphatic rings. The van der Waals surface area contributed by atoms with Gasteiger partial charge in [-0.3, -0.25) is 14.9 Å². The van der Waals surface area contributed by atoms with E-state index in [4.69, 9.17) is 9.47 Å². The molecule has 35 heavy (non-hydrogen) atoms. The predicted octanol–water partition coefficient (Wildman–Crippen LogP) is 3.30. The zero-order chi connectivity index (χ0) is 24.8. The van der Waals surface area contributed by atoms with Crippen molar-refractivity contribution in [2.75, 3.05) is 38.2 Å². The minimum atomic E-state index is -3.92. The summed E-state index contributed by atoms with van der Waals surface area (Å²) >= 11 is 0. The van der Waals surface area contributed by atoms with Gasteiger partial charge in [-0.2, -0.15) is 4.31 Å². The molecule has 0 atom stereocenters. The van der Waals surface area contributed by atoms with E-state index in [1.54, 1.807) is 12.1 Å². The van der Waals surface area contributed by atoms with Gasteiger partial charge in [0.15, 0.2) is 12.4 Å². The Labute approximate surface area is 202 Å². The Morgan fingerprint density at radius 3 is 2.43 bits per heavy atom. The quantitative estimate of drug-likeness (QED) is 0.373. The van der Waals surface area contributed by atoms with Crippen LogP contribution in [0.2, 0.25) is 0 Å². The number of morpholine rings is 1. The van der Waals surface area contributed by atoms with E-state index in [9.17, 15) is 23.3 Å². The SMILES string of the molecule is O=C(COc1ccc(S(=O)(=O)N2CCOCC2)cc1[N+](=O)[O-])Nc1ccccc1-c1ccccc1. The highest BCUT2D eigenvalue weighted by Gasteiger charge is 2.29. The van der Waals surface area contributed by atoms with Gasteiger partial charge in [-0.25, -0.2) is 8.42 Å². The third-order valence-corrected chi connectivity index (χ3v) is 7.27. The lowest BCUT2D eigenvalue weighted by Gasteiger charge is -2.26. The van der Waals surface area contributed by atoms with Crippen LogP contribution in [-0.2, 0) is 19.6 Å². The summed E-state index contributed by atoms with van der Waals surface area (Å²) in [5.74, 6) is -0.727. The molecule has 0 radical (unpaired) electrons. The Hall–Kier alpha value is -3.80. The van der Waals surface area contributed by atoms with Gasteiger partial charge in [0.05, 0.1) is 23.0 Å². The number of hydrogen-bond donors (Lipinski definition) is 1. The fraction of sp³-hybridized carbons (Fsp3) is 0.208. The molecule has 0 bridgehead atoms. The molecule has 0 saturated carbocycles. The molecule has 0 aliphatic carbocycles. The molecule has 10 nitrogen and oxygen atoms in total. The second-order valence-corrected chi connectivity index (χ2v) is 9.59. The van der Waals surface area contributed by atoms with Crippen LogP contribution in [0.15, 0.2) is 77.7 Å². The number of carbonyl (C=O) groups is 1. The van der Waals surface area contributed by atoms with Crippen molar-refractivity contribution in [2.45, 2.75) is 4.90 Å². The number of amides is 1. The van der Waals surface area contributed by atoms with E-state index < -0.39 is 33.1 Å². The van der Waals surface area contributed by atoms with E-state index in [0.29, 0.717) is 5.69 Å². The Kier molecular flexibility index (Phi) is 7.39. The lowest BCUT2D eigenvalue weighted by Crippen LogP contribution is -2.40. The van der Waals surface area contributed by atoms with E-state index in [1.807, 2.05) is 42.5 Å². The molecule has 0 spiro atoms. The number of anilines is 1. The molecule has 1 heterocycles. The molecule has 1 aliphatic heterocycles. The van der Waals surface area contributed by atoms with Crippen LogP contribution in [0.25, 0.3) is 11.1 Å². The first-order valence-electron chi connectivity index (χ1n) is 10.8. The average Bonchev–Trinajstić information content (AvgIpc) is 2.88. The third-order valence-electron chi connectivity index (χ3n) is 5.38. The fourth-order valence-electron chi connectivity index (χ4n) is 3.65. The van der Waals surface area contributed by atoms with Crippen LogP contribution in [0, 0.1) is 10.1 Å². The maximum Gasteiger partial charge on any atom is 0.312 e. The predicted molar refractivity (Wildman–Crippen MR) is 129 cm³/mol. The van der Waals surface area contributed by atoms with Gasteiger partial charge in [-0.15, -0.1) is 0 Å². The molecule has 1 fully saturated rings. The van der Waals surface area contributed by atoms with Crippen molar-refractivity contribution in [2.24, 2.45) is 0 Å². The first-order valence-corrected chi connectivity index (χ1v) is 12.2. The van der Waals surface area contributed by atoms with Crippen molar-refractivity contribution in [1.29, 1.82) is 0 Å². The second kappa shape index (κ2) is 10.6. The summed E-state index contributed by atoms with van der Waals surface area (Å²) in [5.41, 5.74) is 1.74. The Bertz CT molecular complexity index is 1320. The number of rotatable bonds is 8. The molecule has 0 unspecified atom stereocenters. The van der Waals surface area contributed by atoms with E-state index >= 15 is 0 Å². The van der Waals surface area contributed by atoms with Gasteiger partial charge in [-0.1, -0.05) is 48.5 Å². The summed E-state index contributed by atoms with van der Waals surface area (Å²) in [6, 6.07) is 20.1. The molecule has 1 N–H and O–H groups in total. The van der Waals surface area contributed by atoms with Crippen molar-refractivity contribution in [3.8, 4) is 16.9 Å². The Morgan fingerprint density at radius 1 is 1.03 bits per heavy atom.